The summed E-state index contributed by atoms with van der Waals surface area (Å²) in [6.45, 7) is 9.68. The number of carbonyl (C=O) groups excluding carboxylic acids is 1. The average molecular weight is 264 g/mol. The molecule has 0 spiro atoms. The van der Waals surface area contributed by atoms with Gasteiger partial charge < -0.3 is 15.7 Å². The number of amides is 1. The van der Waals surface area contributed by atoms with Gasteiger partial charge in [-0.25, -0.2) is 0 Å². The molecule has 4 heteroatoms. The quantitative estimate of drug-likeness (QED) is 0.856. The molecule has 0 heterocycles. The van der Waals surface area contributed by atoms with E-state index < -0.39 is 0 Å². The van der Waals surface area contributed by atoms with E-state index in [-0.39, 0.29) is 17.1 Å². The van der Waals surface area contributed by atoms with Gasteiger partial charge in [-0.1, -0.05) is 13.8 Å². The van der Waals surface area contributed by atoms with Crippen LogP contribution in [0.3, 0.4) is 0 Å². The number of nitrogens with two attached hydrogens (primary N) is 1. The van der Waals surface area contributed by atoms with Crippen LogP contribution in [0, 0.1) is 12.3 Å². The number of phenols is 1. The lowest BCUT2D eigenvalue weighted by Crippen LogP contribution is -2.42. The molecule has 0 unspecified atom stereocenters. The summed E-state index contributed by atoms with van der Waals surface area (Å²) in [5, 5.41) is 9.40. The number of hydrogen-bond acceptors (Lipinski definition) is 3. The van der Waals surface area contributed by atoms with Crippen LogP contribution >= 0.6 is 0 Å². The molecule has 106 valence electrons. The molecule has 3 N–H and O–H groups in total. The fourth-order valence-electron chi connectivity index (χ4n) is 1.97. The molecule has 0 bridgehead atoms. The van der Waals surface area contributed by atoms with Gasteiger partial charge in [0.1, 0.15) is 5.75 Å². The topological polar surface area (TPSA) is 66.6 Å². The van der Waals surface area contributed by atoms with Crippen LogP contribution in [-0.2, 0) is 0 Å². The van der Waals surface area contributed by atoms with Crippen molar-refractivity contribution in [2.75, 3.05) is 19.6 Å². The summed E-state index contributed by atoms with van der Waals surface area (Å²) in [6, 6.07) is 4.82. The van der Waals surface area contributed by atoms with Crippen molar-refractivity contribution in [3.63, 3.8) is 0 Å². The first-order valence-electron chi connectivity index (χ1n) is 6.59. The van der Waals surface area contributed by atoms with Crippen LogP contribution < -0.4 is 5.73 Å². The highest BCUT2D eigenvalue weighted by atomic mass is 16.3. The lowest BCUT2D eigenvalue weighted by atomic mass is 9.92. The molecule has 19 heavy (non-hydrogen) atoms. The molecule has 0 aliphatic heterocycles. The maximum Gasteiger partial charge on any atom is 0.254 e. The predicted octanol–water partition coefficient (Wildman–Crippen LogP) is 2.15. The summed E-state index contributed by atoms with van der Waals surface area (Å²) in [5.74, 6) is 0.168. The van der Waals surface area contributed by atoms with Crippen molar-refractivity contribution >= 4 is 5.91 Å². The van der Waals surface area contributed by atoms with Gasteiger partial charge in [-0.05, 0) is 49.6 Å². The molecule has 0 saturated carbocycles. The number of rotatable bonds is 5. The molecule has 0 aromatic heterocycles. The molecule has 1 aromatic carbocycles. The molecular weight excluding hydrogens is 240 g/mol. The van der Waals surface area contributed by atoms with Gasteiger partial charge in [0.2, 0.25) is 0 Å². The Hall–Kier alpha value is -1.55. The van der Waals surface area contributed by atoms with E-state index in [1.165, 1.54) is 0 Å². The van der Waals surface area contributed by atoms with E-state index in [2.05, 4.69) is 0 Å². The standard InChI is InChI=1S/C15H24N2O2/c1-5-17(10-15(3,4)9-16)14(19)13-7-6-12(18)8-11(13)2/h6-8,18H,5,9-10,16H2,1-4H3. The SMILES string of the molecule is CCN(CC(C)(C)CN)C(=O)c1ccc(O)cc1C. The molecule has 1 aromatic rings. The Morgan fingerprint density at radius 1 is 1.42 bits per heavy atom. The number of hydrogen-bond donors (Lipinski definition) is 2. The monoisotopic (exact) mass is 264 g/mol. The number of aromatic hydroxyl groups is 1. The summed E-state index contributed by atoms with van der Waals surface area (Å²) in [7, 11) is 0. The van der Waals surface area contributed by atoms with Crippen LogP contribution in [0.15, 0.2) is 18.2 Å². The molecule has 0 saturated heterocycles. The number of carbonyl (C=O) groups is 1. The van der Waals surface area contributed by atoms with Gasteiger partial charge >= 0.3 is 0 Å². The first-order chi connectivity index (χ1) is 8.80. The third-order valence-corrected chi connectivity index (χ3v) is 3.28. The minimum Gasteiger partial charge on any atom is -0.508 e. The summed E-state index contributed by atoms with van der Waals surface area (Å²) in [6.07, 6.45) is 0. The molecule has 1 rings (SSSR count). The number of phenolic OH excluding ortho intramolecular Hbond substituents is 1. The third-order valence-electron chi connectivity index (χ3n) is 3.28. The Morgan fingerprint density at radius 3 is 2.53 bits per heavy atom. The van der Waals surface area contributed by atoms with Gasteiger partial charge in [-0.3, -0.25) is 4.79 Å². The Balaban J connectivity index is 2.96. The zero-order valence-electron chi connectivity index (χ0n) is 12.2. The van der Waals surface area contributed by atoms with Crippen LogP contribution in [0.1, 0.15) is 36.7 Å². The molecule has 0 radical (unpaired) electrons. The fraction of sp³-hybridized carbons (Fsp3) is 0.533. The average Bonchev–Trinajstić information content (AvgIpc) is 2.35. The molecule has 0 atom stereocenters. The molecule has 0 aliphatic rings. The van der Waals surface area contributed by atoms with E-state index in [0.29, 0.717) is 25.2 Å². The van der Waals surface area contributed by atoms with Gasteiger partial charge in [-0.2, -0.15) is 0 Å². The van der Waals surface area contributed by atoms with Crippen molar-refractivity contribution in [1.82, 2.24) is 4.90 Å². The summed E-state index contributed by atoms with van der Waals surface area (Å²) in [5.41, 5.74) is 7.04. The lowest BCUT2D eigenvalue weighted by Gasteiger charge is -2.31. The van der Waals surface area contributed by atoms with E-state index in [0.717, 1.165) is 5.56 Å². The van der Waals surface area contributed by atoms with E-state index in [4.69, 9.17) is 5.73 Å². The van der Waals surface area contributed by atoms with Gasteiger partial charge in [-0.15, -0.1) is 0 Å². The van der Waals surface area contributed by atoms with Crippen molar-refractivity contribution in [1.29, 1.82) is 0 Å². The van der Waals surface area contributed by atoms with Crippen molar-refractivity contribution in [3.8, 4) is 5.75 Å². The molecule has 1 amide bonds. The second-order valence-corrected chi connectivity index (χ2v) is 5.69. The highest BCUT2D eigenvalue weighted by Gasteiger charge is 2.24. The predicted molar refractivity (Wildman–Crippen MR) is 77.3 cm³/mol. The molecule has 0 aliphatic carbocycles. The van der Waals surface area contributed by atoms with Crippen molar-refractivity contribution < 1.29 is 9.90 Å². The highest BCUT2D eigenvalue weighted by molar-refractivity contribution is 5.95. The van der Waals surface area contributed by atoms with E-state index in [1.807, 2.05) is 27.7 Å². The molecular formula is C15H24N2O2. The Morgan fingerprint density at radius 2 is 2.05 bits per heavy atom. The fourth-order valence-corrected chi connectivity index (χ4v) is 1.97. The first kappa shape index (κ1) is 15.5. The molecule has 4 nitrogen and oxygen atoms in total. The minimum absolute atomic E-state index is 0.0125. The second kappa shape index (κ2) is 6.06. The second-order valence-electron chi connectivity index (χ2n) is 5.69. The lowest BCUT2D eigenvalue weighted by molar-refractivity contribution is 0.0700. The largest absolute Gasteiger partial charge is 0.508 e. The Kier molecular flexibility index (Phi) is 4.95. The number of benzene rings is 1. The summed E-state index contributed by atoms with van der Waals surface area (Å²) in [4.78, 5) is 14.3. The number of nitrogens with zero attached hydrogens (tertiary/aromatic N) is 1. The van der Waals surface area contributed by atoms with Gasteiger partial charge in [0.15, 0.2) is 0 Å². The third kappa shape index (κ3) is 3.96. The van der Waals surface area contributed by atoms with Crippen molar-refractivity contribution in [2.45, 2.75) is 27.7 Å². The van der Waals surface area contributed by atoms with E-state index in [9.17, 15) is 9.90 Å². The van der Waals surface area contributed by atoms with Crippen LogP contribution in [0.25, 0.3) is 0 Å². The normalized spacial score (nSPS) is 11.4. The first-order valence-corrected chi connectivity index (χ1v) is 6.59. The Labute approximate surface area is 115 Å². The van der Waals surface area contributed by atoms with Crippen LogP contribution in [0.2, 0.25) is 0 Å². The zero-order chi connectivity index (χ0) is 14.6. The number of aryl methyl sites for hydroxylation is 1. The highest BCUT2D eigenvalue weighted by Crippen LogP contribution is 2.20. The maximum absolute atomic E-state index is 12.5. The maximum atomic E-state index is 12.5. The minimum atomic E-state index is -0.101. The molecule has 0 fully saturated rings. The summed E-state index contributed by atoms with van der Waals surface area (Å²) >= 11 is 0. The van der Waals surface area contributed by atoms with Crippen molar-refractivity contribution in [3.05, 3.63) is 29.3 Å². The zero-order valence-corrected chi connectivity index (χ0v) is 12.2. The van der Waals surface area contributed by atoms with E-state index >= 15 is 0 Å². The van der Waals surface area contributed by atoms with Gasteiger partial charge in [0.05, 0.1) is 0 Å². The van der Waals surface area contributed by atoms with Gasteiger partial charge in [0, 0.05) is 18.7 Å². The smallest absolute Gasteiger partial charge is 0.254 e. The van der Waals surface area contributed by atoms with Crippen LogP contribution in [-0.4, -0.2) is 35.5 Å². The Bertz CT molecular complexity index is 455. The van der Waals surface area contributed by atoms with Crippen molar-refractivity contribution in [2.24, 2.45) is 11.1 Å². The van der Waals surface area contributed by atoms with Crippen LogP contribution in [0.5, 0.6) is 5.75 Å². The summed E-state index contributed by atoms with van der Waals surface area (Å²) < 4.78 is 0. The van der Waals surface area contributed by atoms with Gasteiger partial charge in [0.25, 0.3) is 5.91 Å². The van der Waals surface area contributed by atoms with E-state index in [1.54, 1.807) is 23.1 Å². The van der Waals surface area contributed by atoms with Crippen LogP contribution in [0.4, 0.5) is 0 Å².